The maximum atomic E-state index is 12.6. The fraction of sp³-hybridized carbons (Fsp3) is 0.857. The predicted molar refractivity (Wildman–Crippen MR) is 39.7 cm³/mol. The summed E-state index contributed by atoms with van der Waals surface area (Å²) in [5, 5.41) is 8.66. The molecule has 0 heterocycles. The van der Waals surface area contributed by atoms with Crippen LogP contribution in [0.25, 0.3) is 0 Å². The van der Waals surface area contributed by atoms with Gasteiger partial charge in [-0.1, -0.05) is 0 Å². The van der Waals surface area contributed by atoms with Crippen LogP contribution < -0.4 is 0 Å². The molecule has 11 heavy (non-hydrogen) atoms. The van der Waals surface area contributed by atoms with E-state index in [9.17, 15) is 9.18 Å². The number of aliphatic hydroxyl groups is 1. The van der Waals surface area contributed by atoms with E-state index in [-0.39, 0.29) is 0 Å². The lowest BCUT2D eigenvalue weighted by Gasteiger charge is -2.23. The molecule has 3 nitrogen and oxygen atoms in total. The summed E-state index contributed by atoms with van der Waals surface area (Å²) in [6, 6.07) is 0. The topological polar surface area (TPSA) is 40.5 Å². The number of rotatable bonds is 3. The molecule has 1 amide bonds. The highest BCUT2D eigenvalue weighted by Gasteiger charge is 2.32. The minimum Gasteiger partial charge on any atom is -0.355 e. The van der Waals surface area contributed by atoms with E-state index in [1.54, 1.807) is 13.8 Å². The predicted octanol–water partition coefficient (Wildman–Crippen LogP) is 0.533. The first-order valence-corrected chi connectivity index (χ1v) is 3.64. The van der Waals surface area contributed by atoms with Crippen LogP contribution in [0.1, 0.15) is 20.8 Å². The third-order valence-electron chi connectivity index (χ3n) is 1.44. The summed E-state index contributed by atoms with van der Waals surface area (Å²) < 4.78 is 12.6. The van der Waals surface area contributed by atoms with Crippen molar-refractivity contribution in [2.24, 2.45) is 0 Å². The molecule has 1 unspecified atom stereocenters. The van der Waals surface area contributed by atoms with Crippen molar-refractivity contribution in [2.45, 2.75) is 26.6 Å². The molecule has 1 N–H and O–H groups in total. The van der Waals surface area contributed by atoms with Crippen molar-refractivity contribution >= 4 is 5.91 Å². The van der Waals surface area contributed by atoms with Gasteiger partial charge in [0.2, 0.25) is 0 Å². The lowest BCUT2D eigenvalue weighted by atomic mass is 10.3. The highest BCUT2D eigenvalue weighted by molar-refractivity contribution is 5.82. The molecule has 0 bridgehead atoms. The second-order valence-corrected chi connectivity index (χ2v) is 2.43. The number of alkyl halides is 1. The largest absolute Gasteiger partial charge is 0.355 e. The molecule has 0 aromatic carbocycles. The Morgan fingerprint density at radius 1 is 1.55 bits per heavy atom. The van der Waals surface area contributed by atoms with E-state index < -0.39 is 11.8 Å². The Hall–Kier alpha value is -0.640. The van der Waals surface area contributed by atoms with Crippen molar-refractivity contribution in [1.82, 2.24) is 4.90 Å². The Kier molecular flexibility index (Phi) is 3.45. The van der Waals surface area contributed by atoms with Gasteiger partial charge in [-0.15, -0.1) is 0 Å². The van der Waals surface area contributed by atoms with Gasteiger partial charge in [0.1, 0.15) is 0 Å². The molecule has 0 saturated heterocycles. The fourth-order valence-electron chi connectivity index (χ4n) is 0.799. The maximum absolute atomic E-state index is 12.6. The summed E-state index contributed by atoms with van der Waals surface area (Å²) in [5.41, 5.74) is 0. The minimum atomic E-state index is -2.73. The minimum absolute atomic E-state index is 0.412. The van der Waals surface area contributed by atoms with Gasteiger partial charge < -0.3 is 10.0 Å². The van der Waals surface area contributed by atoms with Crippen molar-refractivity contribution in [3.63, 3.8) is 0 Å². The number of halogens is 1. The maximum Gasteiger partial charge on any atom is 0.287 e. The van der Waals surface area contributed by atoms with Crippen LogP contribution in [0, 0.1) is 0 Å². The van der Waals surface area contributed by atoms with E-state index in [4.69, 9.17) is 5.11 Å². The molecule has 0 rings (SSSR count). The van der Waals surface area contributed by atoms with Gasteiger partial charge in [0.05, 0.1) is 0 Å². The first kappa shape index (κ1) is 10.4. The Bertz CT molecular complexity index is 138. The molecule has 4 heteroatoms. The summed E-state index contributed by atoms with van der Waals surface area (Å²) in [6.45, 7) is 5.12. The second-order valence-electron chi connectivity index (χ2n) is 2.43. The highest BCUT2D eigenvalue weighted by Crippen LogP contribution is 2.09. The third kappa shape index (κ3) is 2.84. The highest BCUT2D eigenvalue weighted by atomic mass is 19.2. The van der Waals surface area contributed by atoms with Gasteiger partial charge >= 0.3 is 0 Å². The van der Waals surface area contributed by atoms with Gasteiger partial charge in [-0.25, -0.2) is 4.39 Å². The first-order chi connectivity index (χ1) is 4.93. The fourth-order valence-corrected chi connectivity index (χ4v) is 0.799. The monoisotopic (exact) mass is 163 g/mol. The van der Waals surface area contributed by atoms with E-state index in [1.165, 1.54) is 4.90 Å². The Morgan fingerprint density at radius 2 is 1.91 bits per heavy atom. The Balaban J connectivity index is 4.22. The zero-order valence-electron chi connectivity index (χ0n) is 7.09. The van der Waals surface area contributed by atoms with E-state index in [2.05, 4.69) is 0 Å². The van der Waals surface area contributed by atoms with Crippen LogP contribution in [0.4, 0.5) is 4.39 Å². The molecule has 0 aliphatic heterocycles. The summed E-state index contributed by atoms with van der Waals surface area (Å²) in [5.74, 6) is -3.60. The van der Waals surface area contributed by atoms with Crippen molar-refractivity contribution in [2.75, 3.05) is 13.1 Å². The number of hydrogen-bond donors (Lipinski definition) is 1. The van der Waals surface area contributed by atoms with Gasteiger partial charge in [-0.05, 0) is 13.8 Å². The molecular weight excluding hydrogens is 149 g/mol. The van der Waals surface area contributed by atoms with Gasteiger partial charge in [0, 0.05) is 20.0 Å². The number of hydrogen-bond acceptors (Lipinski definition) is 2. The smallest absolute Gasteiger partial charge is 0.287 e. The average molecular weight is 163 g/mol. The van der Waals surface area contributed by atoms with Crippen molar-refractivity contribution in [1.29, 1.82) is 0 Å². The molecule has 0 saturated carbocycles. The van der Waals surface area contributed by atoms with Crippen LogP contribution in [0.3, 0.4) is 0 Å². The van der Waals surface area contributed by atoms with Crippen LogP contribution in [-0.2, 0) is 4.79 Å². The Morgan fingerprint density at radius 3 is 2.00 bits per heavy atom. The standard InChI is InChI=1S/C7H14FNO2/c1-4-9(5-2)6(10)7(3,8)11/h11H,4-5H2,1-3H3. The quantitative estimate of drug-likeness (QED) is 0.659. The summed E-state index contributed by atoms with van der Waals surface area (Å²) in [6.07, 6.45) is 0. The molecule has 0 aromatic heterocycles. The number of nitrogens with zero attached hydrogens (tertiary/aromatic N) is 1. The summed E-state index contributed by atoms with van der Waals surface area (Å²) >= 11 is 0. The molecule has 0 fully saturated rings. The van der Waals surface area contributed by atoms with Gasteiger partial charge in [-0.3, -0.25) is 4.79 Å². The number of carbonyl (C=O) groups excluding carboxylic acids is 1. The van der Waals surface area contributed by atoms with E-state index in [1.807, 2.05) is 0 Å². The second kappa shape index (κ2) is 3.67. The molecule has 0 aromatic rings. The van der Waals surface area contributed by atoms with Crippen LogP contribution in [0.2, 0.25) is 0 Å². The van der Waals surface area contributed by atoms with Crippen molar-refractivity contribution < 1.29 is 14.3 Å². The molecule has 66 valence electrons. The lowest BCUT2D eigenvalue weighted by molar-refractivity contribution is -0.167. The zero-order valence-corrected chi connectivity index (χ0v) is 7.09. The van der Waals surface area contributed by atoms with Gasteiger partial charge in [-0.2, -0.15) is 0 Å². The molecular formula is C7H14FNO2. The van der Waals surface area contributed by atoms with Crippen LogP contribution in [-0.4, -0.2) is 34.9 Å². The SMILES string of the molecule is CCN(CC)C(=O)C(C)(O)F. The van der Waals surface area contributed by atoms with Crippen molar-refractivity contribution in [3.8, 4) is 0 Å². The van der Waals surface area contributed by atoms with Crippen LogP contribution in [0.15, 0.2) is 0 Å². The first-order valence-electron chi connectivity index (χ1n) is 3.64. The summed E-state index contributed by atoms with van der Waals surface area (Å²) in [7, 11) is 0. The zero-order chi connectivity index (χ0) is 9.07. The van der Waals surface area contributed by atoms with Crippen LogP contribution in [0.5, 0.6) is 0 Å². The molecule has 0 aliphatic carbocycles. The number of amides is 1. The average Bonchev–Trinajstić information content (AvgIpc) is 1.88. The van der Waals surface area contributed by atoms with E-state index in [0.29, 0.717) is 13.1 Å². The van der Waals surface area contributed by atoms with Gasteiger partial charge in [0.15, 0.2) is 0 Å². The molecule has 1 atom stereocenters. The third-order valence-corrected chi connectivity index (χ3v) is 1.44. The van der Waals surface area contributed by atoms with Gasteiger partial charge in [0.25, 0.3) is 11.8 Å². The summed E-state index contributed by atoms with van der Waals surface area (Å²) in [4.78, 5) is 12.2. The normalized spacial score (nSPS) is 15.7. The molecule has 0 spiro atoms. The molecule has 0 aliphatic rings. The van der Waals surface area contributed by atoms with Crippen LogP contribution >= 0.6 is 0 Å². The Labute approximate surface area is 65.8 Å². The van der Waals surface area contributed by atoms with E-state index in [0.717, 1.165) is 6.92 Å². The number of likely N-dealkylation sites (N-methyl/N-ethyl adjacent to an activating group) is 1. The lowest BCUT2D eigenvalue weighted by Crippen LogP contribution is -2.44. The van der Waals surface area contributed by atoms with E-state index >= 15 is 0 Å². The molecule has 0 radical (unpaired) electrons. The number of carbonyl (C=O) groups is 1. The van der Waals surface area contributed by atoms with Crippen molar-refractivity contribution in [3.05, 3.63) is 0 Å².